The Labute approximate surface area is 230 Å². The molecule has 1 aromatic heterocycles. The third-order valence-corrected chi connectivity index (χ3v) is 6.38. The van der Waals surface area contributed by atoms with Gasteiger partial charge >= 0.3 is 12.0 Å². The van der Waals surface area contributed by atoms with E-state index in [2.05, 4.69) is 20.7 Å². The molecule has 39 heavy (non-hydrogen) atoms. The molecule has 0 radical (unpaired) electrons. The number of nitrogens with two attached hydrogens (primary N) is 2. The van der Waals surface area contributed by atoms with Crippen molar-refractivity contribution in [3.63, 3.8) is 0 Å². The zero-order valence-corrected chi connectivity index (χ0v) is 23.5. The SMILES string of the molecule is COc1cccc(CNC(=O)c2cc(/C(N)=N/N(N)CC3CCC(NC(=O)OC(C)(C)C)CC3)cc(C)[nH+]2)c1. The Morgan fingerprint density at radius 1 is 1.15 bits per heavy atom. The lowest BCUT2D eigenvalue weighted by Crippen LogP contribution is -2.42. The van der Waals surface area contributed by atoms with Crippen LogP contribution in [0.3, 0.4) is 0 Å². The van der Waals surface area contributed by atoms with E-state index in [1.807, 2.05) is 58.0 Å². The quantitative estimate of drug-likeness (QED) is 0.165. The fraction of sp³-hybridized carbons (Fsp3) is 0.500. The summed E-state index contributed by atoms with van der Waals surface area (Å²) < 4.78 is 10.6. The molecule has 1 aromatic carbocycles. The molecule has 0 bridgehead atoms. The maximum Gasteiger partial charge on any atom is 0.407 e. The molecule has 1 heterocycles. The number of hydrogen-bond acceptors (Lipinski definition) is 7. The zero-order chi connectivity index (χ0) is 28.6. The molecule has 2 aromatic rings. The largest absolute Gasteiger partial charge is 0.497 e. The number of ether oxygens (including phenoxy) is 2. The summed E-state index contributed by atoms with van der Waals surface area (Å²) in [4.78, 5) is 27.9. The molecule has 7 N–H and O–H groups in total. The number of methoxy groups -OCH3 is 1. The number of aromatic amines is 1. The molecule has 3 rings (SSSR count). The van der Waals surface area contributed by atoms with Crippen molar-refractivity contribution in [3.8, 4) is 5.75 Å². The Balaban J connectivity index is 1.53. The summed E-state index contributed by atoms with van der Waals surface area (Å²) in [6.45, 7) is 8.27. The summed E-state index contributed by atoms with van der Waals surface area (Å²) in [7, 11) is 1.60. The van der Waals surface area contributed by atoms with Gasteiger partial charge in [-0.2, -0.15) is 0 Å². The van der Waals surface area contributed by atoms with Crippen molar-refractivity contribution in [2.45, 2.75) is 71.6 Å². The van der Waals surface area contributed by atoms with Crippen LogP contribution in [0.4, 0.5) is 4.79 Å². The second-order valence-corrected chi connectivity index (χ2v) is 11.0. The fourth-order valence-electron chi connectivity index (χ4n) is 4.51. The Kier molecular flexibility index (Phi) is 10.1. The van der Waals surface area contributed by atoms with E-state index in [1.54, 1.807) is 13.2 Å². The molecule has 11 heteroatoms. The number of aryl methyl sites for hydroxylation is 1. The molecule has 0 aliphatic heterocycles. The summed E-state index contributed by atoms with van der Waals surface area (Å²) in [5.41, 5.74) is 8.40. The number of pyridine rings is 1. The first-order chi connectivity index (χ1) is 18.4. The third-order valence-electron chi connectivity index (χ3n) is 6.38. The summed E-state index contributed by atoms with van der Waals surface area (Å²) in [6, 6.07) is 11.1. The van der Waals surface area contributed by atoms with Crippen LogP contribution in [0.5, 0.6) is 5.75 Å². The second kappa shape index (κ2) is 13.3. The lowest BCUT2D eigenvalue weighted by molar-refractivity contribution is -0.391. The van der Waals surface area contributed by atoms with E-state index < -0.39 is 5.60 Å². The van der Waals surface area contributed by atoms with Gasteiger partial charge in [0.25, 0.3) is 5.69 Å². The lowest BCUT2D eigenvalue weighted by atomic mass is 9.86. The number of nitrogens with one attached hydrogen (secondary N) is 3. The Bertz CT molecular complexity index is 1170. The molecule has 212 valence electrons. The number of carbonyl (C=O) groups excluding carboxylic acids is 2. The highest BCUT2D eigenvalue weighted by molar-refractivity contribution is 5.99. The zero-order valence-electron chi connectivity index (χ0n) is 23.5. The minimum absolute atomic E-state index is 0.0907. The number of H-pyrrole nitrogens is 1. The molecule has 1 aliphatic rings. The van der Waals surface area contributed by atoms with E-state index >= 15 is 0 Å². The van der Waals surface area contributed by atoms with E-state index in [1.165, 1.54) is 5.12 Å². The summed E-state index contributed by atoms with van der Waals surface area (Å²) in [5, 5.41) is 11.6. The van der Waals surface area contributed by atoms with Gasteiger partial charge in [0.15, 0.2) is 11.5 Å². The minimum Gasteiger partial charge on any atom is -0.497 e. The molecule has 0 unspecified atom stereocenters. The van der Waals surface area contributed by atoms with Crippen LogP contribution in [0.1, 0.15) is 73.8 Å². The van der Waals surface area contributed by atoms with Gasteiger partial charge in [-0.3, -0.25) is 4.79 Å². The average Bonchev–Trinajstić information content (AvgIpc) is 2.87. The van der Waals surface area contributed by atoms with Crippen molar-refractivity contribution in [1.29, 1.82) is 0 Å². The fourth-order valence-corrected chi connectivity index (χ4v) is 4.51. The van der Waals surface area contributed by atoms with Gasteiger partial charge in [0, 0.05) is 37.2 Å². The van der Waals surface area contributed by atoms with Gasteiger partial charge in [0.2, 0.25) is 0 Å². The first kappa shape index (κ1) is 29.7. The van der Waals surface area contributed by atoms with Gasteiger partial charge in [-0.05, 0) is 70.1 Å². The molecule has 0 saturated heterocycles. The topological polar surface area (TPSA) is 158 Å². The monoisotopic (exact) mass is 540 g/mol. The second-order valence-electron chi connectivity index (χ2n) is 11.0. The standard InChI is InChI=1S/C28H41N7O4/c1-18-13-21(15-24(32-18)26(36)31-16-20-7-6-8-23(14-20)38-5)25(29)34-35(30)17-19-9-11-22(12-10-19)33-27(37)39-28(2,3)4/h6-8,13-15,19,22H,9-12,16-17,30H2,1-5H3,(H2,29,34)(H,31,36)(H,33,37)/p+1. The number of carbonyl (C=O) groups is 2. The molecule has 0 atom stereocenters. The van der Waals surface area contributed by atoms with Gasteiger partial charge in [-0.25, -0.2) is 20.7 Å². The van der Waals surface area contributed by atoms with Crippen LogP contribution in [-0.4, -0.2) is 48.3 Å². The molecule has 1 aliphatic carbocycles. The van der Waals surface area contributed by atoms with Gasteiger partial charge in [-0.1, -0.05) is 12.1 Å². The van der Waals surface area contributed by atoms with Gasteiger partial charge in [-0.15, -0.1) is 5.10 Å². The Morgan fingerprint density at radius 2 is 1.87 bits per heavy atom. The average molecular weight is 541 g/mol. The maximum absolute atomic E-state index is 12.8. The number of amidine groups is 1. The molecule has 1 fully saturated rings. The summed E-state index contributed by atoms with van der Waals surface area (Å²) in [6.07, 6.45) is 3.12. The number of amides is 2. The van der Waals surface area contributed by atoms with Crippen LogP contribution >= 0.6 is 0 Å². The smallest absolute Gasteiger partial charge is 0.407 e. The van der Waals surface area contributed by atoms with E-state index in [9.17, 15) is 9.59 Å². The number of hydrazine groups is 1. The van der Waals surface area contributed by atoms with E-state index in [0.29, 0.717) is 30.3 Å². The van der Waals surface area contributed by atoms with Crippen LogP contribution in [0.15, 0.2) is 41.5 Å². The molecular formula is C28H42N7O4+. The van der Waals surface area contributed by atoms with Crippen LogP contribution < -0.4 is 31.9 Å². The van der Waals surface area contributed by atoms with Crippen molar-refractivity contribution in [2.75, 3.05) is 13.7 Å². The summed E-state index contributed by atoms with van der Waals surface area (Å²) in [5.74, 6) is 7.19. The number of nitrogens with zero attached hydrogens (tertiary/aromatic N) is 2. The van der Waals surface area contributed by atoms with E-state index in [4.69, 9.17) is 21.1 Å². The van der Waals surface area contributed by atoms with Crippen molar-refractivity contribution in [2.24, 2.45) is 22.6 Å². The molecular weight excluding hydrogens is 498 g/mol. The Morgan fingerprint density at radius 3 is 2.54 bits per heavy atom. The van der Waals surface area contributed by atoms with E-state index in [-0.39, 0.29) is 23.9 Å². The van der Waals surface area contributed by atoms with Crippen molar-refractivity contribution < 1.29 is 24.0 Å². The van der Waals surface area contributed by atoms with Crippen LogP contribution in [0.25, 0.3) is 0 Å². The third kappa shape index (κ3) is 9.75. The van der Waals surface area contributed by atoms with Crippen molar-refractivity contribution >= 4 is 17.8 Å². The number of aromatic nitrogens is 1. The van der Waals surface area contributed by atoms with Gasteiger partial charge in [0.05, 0.1) is 13.7 Å². The van der Waals surface area contributed by atoms with Crippen LogP contribution in [0, 0.1) is 12.8 Å². The van der Waals surface area contributed by atoms with Gasteiger partial charge in [0.1, 0.15) is 11.4 Å². The number of benzene rings is 1. The van der Waals surface area contributed by atoms with Crippen molar-refractivity contribution in [1.82, 2.24) is 15.8 Å². The van der Waals surface area contributed by atoms with Crippen LogP contribution in [-0.2, 0) is 11.3 Å². The van der Waals surface area contributed by atoms with Crippen LogP contribution in [0.2, 0.25) is 0 Å². The number of hydrazone groups is 1. The van der Waals surface area contributed by atoms with Gasteiger partial charge < -0.3 is 25.8 Å². The lowest BCUT2D eigenvalue weighted by Gasteiger charge is -2.31. The Hall–Kier alpha value is -3.86. The number of hydrogen-bond donors (Lipinski definition) is 4. The molecule has 11 nitrogen and oxygen atoms in total. The molecule has 1 saturated carbocycles. The first-order valence-corrected chi connectivity index (χ1v) is 13.2. The molecule has 0 spiro atoms. The van der Waals surface area contributed by atoms with E-state index in [0.717, 1.165) is 42.7 Å². The maximum atomic E-state index is 12.8. The highest BCUT2D eigenvalue weighted by Crippen LogP contribution is 2.25. The first-order valence-electron chi connectivity index (χ1n) is 13.2. The highest BCUT2D eigenvalue weighted by Gasteiger charge is 2.26. The predicted molar refractivity (Wildman–Crippen MR) is 149 cm³/mol. The van der Waals surface area contributed by atoms with Crippen molar-refractivity contribution in [3.05, 3.63) is 58.9 Å². The highest BCUT2D eigenvalue weighted by atomic mass is 16.6. The normalized spacial score (nSPS) is 17.7. The summed E-state index contributed by atoms with van der Waals surface area (Å²) >= 11 is 0. The number of rotatable bonds is 9. The predicted octanol–water partition coefficient (Wildman–Crippen LogP) is 2.63. The minimum atomic E-state index is -0.518. The molecule has 2 amide bonds. The number of alkyl carbamates (subject to hydrolysis) is 1.